The molecular weight excluding hydrogens is 232 g/mol. The van der Waals surface area contributed by atoms with Crippen molar-refractivity contribution in [2.45, 2.75) is 12.5 Å². The predicted molar refractivity (Wildman–Crippen MR) is 67.3 cm³/mol. The van der Waals surface area contributed by atoms with E-state index in [4.69, 9.17) is 4.42 Å². The summed E-state index contributed by atoms with van der Waals surface area (Å²) in [5.74, 6) is 0.857. The van der Waals surface area contributed by atoms with Crippen molar-refractivity contribution in [1.82, 2.24) is 5.32 Å². The second kappa shape index (κ2) is 5.46. The second-order valence-electron chi connectivity index (χ2n) is 3.98. The van der Waals surface area contributed by atoms with E-state index < -0.39 is 4.92 Å². The molecule has 0 fully saturated rings. The van der Waals surface area contributed by atoms with E-state index in [1.165, 1.54) is 12.1 Å². The third-order valence-electron chi connectivity index (χ3n) is 2.82. The number of nitrogens with zero attached hydrogens (tertiary/aromatic N) is 1. The molecule has 1 atom stereocenters. The Hall–Kier alpha value is -2.14. The minimum atomic E-state index is -0.397. The average Bonchev–Trinajstić information content (AvgIpc) is 2.90. The second-order valence-corrected chi connectivity index (χ2v) is 3.98. The first-order valence-corrected chi connectivity index (χ1v) is 5.64. The summed E-state index contributed by atoms with van der Waals surface area (Å²) in [6.45, 7) is 0. The zero-order valence-electron chi connectivity index (χ0n) is 10.00. The lowest BCUT2D eigenvalue weighted by atomic mass is 10.0. The van der Waals surface area contributed by atoms with Gasteiger partial charge in [-0.05, 0) is 31.2 Å². The molecular formula is C13H14N2O3. The lowest BCUT2D eigenvalue weighted by Gasteiger charge is -2.13. The van der Waals surface area contributed by atoms with E-state index in [2.05, 4.69) is 5.32 Å². The number of nitro benzene ring substituents is 1. The predicted octanol–water partition coefficient (Wildman–Crippen LogP) is 2.69. The first-order valence-electron chi connectivity index (χ1n) is 5.64. The Kier molecular flexibility index (Phi) is 3.74. The molecule has 0 aliphatic heterocycles. The van der Waals surface area contributed by atoms with Crippen molar-refractivity contribution in [2.24, 2.45) is 0 Å². The van der Waals surface area contributed by atoms with E-state index in [0.29, 0.717) is 0 Å². The zero-order chi connectivity index (χ0) is 13.0. The van der Waals surface area contributed by atoms with Crippen LogP contribution in [0.4, 0.5) is 5.69 Å². The fraction of sp³-hybridized carbons (Fsp3) is 0.231. The van der Waals surface area contributed by atoms with Crippen molar-refractivity contribution in [3.8, 4) is 0 Å². The Bertz CT molecular complexity index is 506. The number of benzene rings is 1. The van der Waals surface area contributed by atoms with Crippen molar-refractivity contribution in [1.29, 1.82) is 0 Å². The highest BCUT2D eigenvalue weighted by molar-refractivity contribution is 5.33. The molecule has 5 heteroatoms. The van der Waals surface area contributed by atoms with Gasteiger partial charge in [0.1, 0.15) is 5.76 Å². The molecule has 0 bridgehead atoms. The number of hydrogen-bond acceptors (Lipinski definition) is 4. The summed E-state index contributed by atoms with van der Waals surface area (Å²) in [6, 6.07) is 10.4. The SMILES string of the molecule is CNC(Cc1ccc([N+](=O)[O-])cc1)c1ccco1. The van der Waals surface area contributed by atoms with Gasteiger partial charge in [0.25, 0.3) is 5.69 Å². The maximum atomic E-state index is 10.6. The van der Waals surface area contributed by atoms with Crippen LogP contribution in [0.5, 0.6) is 0 Å². The van der Waals surface area contributed by atoms with Gasteiger partial charge < -0.3 is 9.73 Å². The smallest absolute Gasteiger partial charge is 0.269 e. The number of furan rings is 1. The molecule has 1 N–H and O–H groups in total. The fourth-order valence-electron chi connectivity index (χ4n) is 1.82. The Labute approximate surface area is 105 Å². The molecule has 94 valence electrons. The molecule has 5 nitrogen and oxygen atoms in total. The van der Waals surface area contributed by atoms with E-state index in [1.54, 1.807) is 18.4 Å². The highest BCUT2D eigenvalue weighted by Crippen LogP contribution is 2.20. The number of rotatable bonds is 5. The van der Waals surface area contributed by atoms with Crippen LogP contribution in [0.2, 0.25) is 0 Å². The van der Waals surface area contributed by atoms with Gasteiger partial charge in [0.15, 0.2) is 0 Å². The first-order chi connectivity index (χ1) is 8.70. The maximum absolute atomic E-state index is 10.6. The summed E-state index contributed by atoms with van der Waals surface area (Å²) < 4.78 is 5.35. The number of likely N-dealkylation sites (N-methyl/N-ethyl adjacent to an activating group) is 1. The van der Waals surface area contributed by atoms with Crippen LogP contribution >= 0.6 is 0 Å². The standard InChI is InChI=1S/C13H14N2O3/c1-14-12(13-3-2-8-18-13)9-10-4-6-11(7-5-10)15(16)17/h2-8,12,14H,9H2,1H3. The quantitative estimate of drug-likeness (QED) is 0.650. The molecule has 2 rings (SSSR count). The molecule has 2 aromatic rings. The Morgan fingerprint density at radius 3 is 2.56 bits per heavy atom. The molecule has 0 amide bonds. The average molecular weight is 246 g/mol. The summed E-state index contributed by atoms with van der Waals surface area (Å²) >= 11 is 0. The highest BCUT2D eigenvalue weighted by atomic mass is 16.6. The molecule has 0 saturated heterocycles. The van der Waals surface area contributed by atoms with Crippen molar-refractivity contribution < 1.29 is 9.34 Å². The molecule has 0 aliphatic rings. The zero-order valence-corrected chi connectivity index (χ0v) is 10.00. The van der Waals surface area contributed by atoms with Crippen molar-refractivity contribution >= 4 is 5.69 Å². The number of non-ortho nitro benzene ring substituents is 1. The van der Waals surface area contributed by atoms with Crippen molar-refractivity contribution in [2.75, 3.05) is 7.05 Å². The van der Waals surface area contributed by atoms with Gasteiger partial charge in [-0.2, -0.15) is 0 Å². The minimum Gasteiger partial charge on any atom is -0.468 e. The lowest BCUT2D eigenvalue weighted by molar-refractivity contribution is -0.384. The molecule has 1 unspecified atom stereocenters. The van der Waals surface area contributed by atoms with Gasteiger partial charge in [0.05, 0.1) is 17.2 Å². The Morgan fingerprint density at radius 2 is 2.06 bits per heavy atom. The third kappa shape index (κ3) is 2.75. The van der Waals surface area contributed by atoms with Crippen LogP contribution in [-0.4, -0.2) is 12.0 Å². The van der Waals surface area contributed by atoms with Crippen LogP contribution in [0.15, 0.2) is 47.1 Å². The van der Waals surface area contributed by atoms with Gasteiger partial charge >= 0.3 is 0 Å². The van der Waals surface area contributed by atoms with Gasteiger partial charge in [-0.15, -0.1) is 0 Å². The number of hydrogen-bond donors (Lipinski definition) is 1. The minimum absolute atomic E-state index is 0.0708. The van der Waals surface area contributed by atoms with Crippen LogP contribution < -0.4 is 5.32 Å². The van der Waals surface area contributed by atoms with Gasteiger partial charge in [-0.1, -0.05) is 12.1 Å². The van der Waals surface area contributed by atoms with Crippen LogP contribution in [0, 0.1) is 10.1 Å². The molecule has 0 spiro atoms. The Balaban J connectivity index is 2.10. The van der Waals surface area contributed by atoms with E-state index >= 15 is 0 Å². The largest absolute Gasteiger partial charge is 0.468 e. The summed E-state index contributed by atoms with van der Waals surface area (Å²) in [5.41, 5.74) is 1.13. The molecule has 0 saturated carbocycles. The normalized spacial score (nSPS) is 12.3. The highest BCUT2D eigenvalue weighted by Gasteiger charge is 2.13. The molecule has 0 radical (unpaired) electrons. The van der Waals surface area contributed by atoms with E-state index in [0.717, 1.165) is 17.7 Å². The molecule has 1 aromatic carbocycles. The van der Waals surface area contributed by atoms with Gasteiger partial charge in [0.2, 0.25) is 0 Å². The monoisotopic (exact) mass is 246 g/mol. The lowest BCUT2D eigenvalue weighted by Crippen LogP contribution is -2.18. The molecule has 1 aromatic heterocycles. The third-order valence-corrected chi connectivity index (χ3v) is 2.82. The molecule has 1 heterocycles. The maximum Gasteiger partial charge on any atom is 0.269 e. The van der Waals surface area contributed by atoms with Gasteiger partial charge in [-0.3, -0.25) is 10.1 Å². The van der Waals surface area contributed by atoms with Crippen LogP contribution in [0.1, 0.15) is 17.4 Å². The van der Waals surface area contributed by atoms with Crippen molar-refractivity contribution in [3.63, 3.8) is 0 Å². The topological polar surface area (TPSA) is 68.3 Å². The van der Waals surface area contributed by atoms with Crippen LogP contribution in [0.3, 0.4) is 0 Å². The van der Waals surface area contributed by atoms with Crippen LogP contribution in [-0.2, 0) is 6.42 Å². The Morgan fingerprint density at radius 1 is 1.33 bits per heavy atom. The van der Waals surface area contributed by atoms with Gasteiger partial charge in [-0.25, -0.2) is 0 Å². The van der Waals surface area contributed by atoms with E-state index in [1.807, 2.05) is 19.2 Å². The number of nitrogens with one attached hydrogen (secondary N) is 1. The number of nitro groups is 1. The summed E-state index contributed by atoms with van der Waals surface area (Å²) in [6.07, 6.45) is 2.36. The molecule has 0 aliphatic carbocycles. The van der Waals surface area contributed by atoms with E-state index in [-0.39, 0.29) is 11.7 Å². The fourth-order valence-corrected chi connectivity index (χ4v) is 1.82. The van der Waals surface area contributed by atoms with Gasteiger partial charge in [0, 0.05) is 12.1 Å². The summed E-state index contributed by atoms with van der Waals surface area (Å²) in [7, 11) is 1.86. The first kappa shape index (κ1) is 12.3. The summed E-state index contributed by atoms with van der Waals surface area (Å²) in [4.78, 5) is 10.2. The molecule has 18 heavy (non-hydrogen) atoms. The van der Waals surface area contributed by atoms with Crippen LogP contribution in [0.25, 0.3) is 0 Å². The van der Waals surface area contributed by atoms with Crippen molar-refractivity contribution in [3.05, 3.63) is 64.1 Å². The summed E-state index contributed by atoms with van der Waals surface area (Å²) in [5, 5.41) is 13.7. The van der Waals surface area contributed by atoms with E-state index in [9.17, 15) is 10.1 Å².